The van der Waals surface area contributed by atoms with Crippen LogP contribution in [0.25, 0.3) is 10.9 Å². The molecule has 1 aliphatic heterocycles. The predicted octanol–water partition coefficient (Wildman–Crippen LogP) is 2.48. The molecule has 1 saturated heterocycles. The molecule has 8 heteroatoms. The van der Waals surface area contributed by atoms with Crippen LogP contribution in [0.1, 0.15) is 33.5 Å². The van der Waals surface area contributed by atoms with Crippen LogP contribution in [-0.2, 0) is 4.74 Å². The zero-order valence-corrected chi connectivity index (χ0v) is 15.9. The van der Waals surface area contributed by atoms with Crippen LogP contribution >= 0.6 is 0 Å². The van der Waals surface area contributed by atoms with Gasteiger partial charge in [-0.15, -0.1) is 0 Å². The number of pyridine rings is 1. The van der Waals surface area contributed by atoms with Crippen molar-refractivity contribution in [1.82, 2.24) is 19.9 Å². The highest BCUT2D eigenvalue weighted by Gasteiger charge is 2.30. The number of aromatic hydroxyl groups is 1. The largest absolute Gasteiger partial charge is 0.493 e. The Morgan fingerprint density at radius 3 is 2.69 bits per heavy atom. The number of fused-ring (bicyclic) bond motifs is 1. The summed E-state index contributed by atoms with van der Waals surface area (Å²) in [7, 11) is 0. The fourth-order valence-corrected chi connectivity index (χ4v) is 3.07. The molecule has 0 saturated carbocycles. The molecule has 1 N–H and O–H groups in total. The fourth-order valence-electron chi connectivity index (χ4n) is 3.07. The Balaban J connectivity index is 1.77. The molecular formula is C18H25N5O3. The molecule has 0 bridgehead atoms. The van der Waals surface area contributed by atoms with E-state index in [2.05, 4.69) is 19.9 Å². The highest BCUT2D eigenvalue weighted by Crippen LogP contribution is 2.27. The summed E-state index contributed by atoms with van der Waals surface area (Å²) in [6.45, 7) is 11.1. The first-order valence-electron chi connectivity index (χ1n) is 8.72. The topological polar surface area (TPSA) is 91.7 Å². The predicted molar refractivity (Wildman–Crippen MR) is 98.3 cm³/mol. The summed E-state index contributed by atoms with van der Waals surface area (Å²) in [6.07, 6.45) is 1.35. The van der Waals surface area contributed by atoms with Crippen molar-refractivity contribution in [3.05, 3.63) is 18.1 Å². The Morgan fingerprint density at radius 1 is 1.31 bits per heavy atom. The van der Waals surface area contributed by atoms with Gasteiger partial charge in [0.25, 0.3) is 0 Å². The number of carbonyl (C=O) groups is 1. The zero-order chi connectivity index (χ0) is 19.1. The SMILES string of the molecule is Cc1nc(O)c2cc(N3CCN(C(=O)OC(C)(C)C)C[C@@H]3C)ncc2n1. The first kappa shape index (κ1) is 18.2. The molecule has 0 spiro atoms. The molecule has 2 aromatic rings. The molecule has 1 amide bonds. The summed E-state index contributed by atoms with van der Waals surface area (Å²) < 4.78 is 5.45. The van der Waals surface area contributed by atoms with E-state index < -0.39 is 5.60 Å². The van der Waals surface area contributed by atoms with Crippen LogP contribution in [0.5, 0.6) is 5.88 Å². The van der Waals surface area contributed by atoms with Crippen LogP contribution < -0.4 is 4.90 Å². The molecule has 0 aromatic carbocycles. The lowest BCUT2D eigenvalue weighted by atomic mass is 10.1. The zero-order valence-electron chi connectivity index (χ0n) is 15.9. The van der Waals surface area contributed by atoms with E-state index in [1.54, 1.807) is 24.1 Å². The van der Waals surface area contributed by atoms with E-state index in [0.717, 1.165) is 5.82 Å². The second-order valence-electron chi connectivity index (χ2n) is 7.62. The Morgan fingerprint density at radius 2 is 2.04 bits per heavy atom. The lowest BCUT2D eigenvalue weighted by molar-refractivity contribution is 0.0218. The number of hydrogen-bond donors (Lipinski definition) is 1. The van der Waals surface area contributed by atoms with Gasteiger partial charge in [0.2, 0.25) is 5.88 Å². The maximum absolute atomic E-state index is 12.3. The van der Waals surface area contributed by atoms with E-state index in [-0.39, 0.29) is 18.0 Å². The second kappa shape index (κ2) is 6.59. The van der Waals surface area contributed by atoms with Crippen molar-refractivity contribution < 1.29 is 14.6 Å². The summed E-state index contributed by atoms with van der Waals surface area (Å²) in [6, 6.07) is 1.86. The van der Waals surface area contributed by atoms with Gasteiger partial charge in [0.05, 0.1) is 17.1 Å². The van der Waals surface area contributed by atoms with E-state index >= 15 is 0 Å². The maximum atomic E-state index is 12.3. The number of piperazine rings is 1. The van der Waals surface area contributed by atoms with Crippen LogP contribution in [0.2, 0.25) is 0 Å². The van der Waals surface area contributed by atoms with Crippen LogP contribution in [0.3, 0.4) is 0 Å². The number of ether oxygens (including phenoxy) is 1. The molecule has 1 aliphatic rings. The minimum Gasteiger partial charge on any atom is -0.493 e. The van der Waals surface area contributed by atoms with Gasteiger partial charge < -0.3 is 19.6 Å². The Kier molecular flexibility index (Phi) is 4.60. The number of rotatable bonds is 1. The molecule has 8 nitrogen and oxygen atoms in total. The van der Waals surface area contributed by atoms with E-state index in [9.17, 15) is 9.90 Å². The molecular weight excluding hydrogens is 334 g/mol. The number of aromatic nitrogens is 3. The van der Waals surface area contributed by atoms with Gasteiger partial charge in [-0.3, -0.25) is 0 Å². The number of aryl methyl sites for hydroxylation is 1. The summed E-state index contributed by atoms with van der Waals surface area (Å²) >= 11 is 0. The molecule has 0 radical (unpaired) electrons. The number of amides is 1. The van der Waals surface area contributed by atoms with Crippen LogP contribution in [0.4, 0.5) is 10.6 Å². The molecule has 1 atom stereocenters. The molecule has 0 unspecified atom stereocenters. The summed E-state index contributed by atoms with van der Waals surface area (Å²) in [4.78, 5) is 28.9. The van der Waals surface area contributed by atoms with Crippen molar-refractivity contribution in [2.45, 2.75) is 46.3 Å². The molecule has 26 heavy (non-hydrogen) atoms. The van der Waals surface area contributed by atoms with Crippen LogP contribution in [0, 0.1) is 6.92 Å². The lowest BCUT2D eigenvalue weighted by Gasteiger charge is -2.40. The summed E-state index contributed by atoms with van der Waals surface area (Å²) in [5.41, 5.74) is 0.103. The fraction of sp³-hybridized carbons (Fsp3) is 0.556. The van der Waals surface area contributed by atoms with Crippen molar-refractivity contribution in [1.29, 1.82) is 0 Å². The standard InChI is InChI=1S/C18H25N5O3/c1-11-10-22(17(25)26-18(3,4)5)6-7-23(11)15-8-13-14(9-19-15)20-12(2)21-16(13)24/h8-9,11H,6-7,10H2,1-5H3,(H,20,21,24)/t11-/m0/s1. The minimum atomic E-state index is -0.507. The monoisotopic (exact) mass is 359 g/mol. The minimum absolute atomic E-state index is 0.0452. The van der Waals surface area contributed by atoms with E-state index in [1.165, 1.54) is 0 Å². The van der Waals surface area contributed by atoms with Crippen molar-refractivity contribution in [3.8, 4) is 5.88 Å². The Bertz CT molecular complexity index is 833. The molecule has 1 fully saturated rings. The number of hydrogen-bond acceptors (Lipinski definition) is 7. The number of anilines is 1. The molecule has 0 aliphatic carbocycles. The van der Waals surface area contributed by atoms with Gasteiger partial charge >= 0.3 is 6.09 Å². The first-order chi connectivity index (χ1) is 12.1. The van der Waals surface area contributed by atoms with Gasteiger partial charge in [0.15, 0.2) is 0 Å². The maximum Gasteiger partial charge on any atom is 0.410 e. The molecule has 3 rings (SSSR count). The highest BCUT2D eigenvalue weighted by atomic mass is 16.6. The van der Waals surface area contributed by atoms with Gasteiger partial charge in [-0.1, -0.05) is 0 Å². The van der Waals surface area contributed by atoms with Gasteiger partial charge in [-0.25, -0.2) is 14.8 Å². The van der Waals surface area contributed by atoms with Crippen molar-refractivity contribution in [2.24, 2.45) is 0 Å². The van der Waals surface area contributed by atoms with E-state index in [1.807, 2.05) is 27.7 Å². The average Bonchev–Trinajstić information content (AvgIpc) is 2.53. The molecule has 3 heterocycles. The number of nitrogens with zero attached hydrogens (tertiary/aromatic N) is 5. The van der Waals surface area contributed by atoms with Gasteiger partial charge in [0, 0.05) is 25.7 Å². The normalized spacial score (nSPS) is 18.3. The summed E-state index contributed by atoms with van der Waals surface area (Å²) in [5, 5.41) is 10.7. The van der Waals surface area contributed by atoms with Gasteiger partial charge in [0.1, 0.15) is 17.2 Å². The van der Waals surface area contributed by atoms with Gasteiger partial charge in [-0.2, -0.15) is 4.98 Å². The second-order valence-corrected chi connectivity index (χ2v) is 7.62. The van der Waals surface area contributed by atoms with Crippen molar-refractivity contribution in [2.75, 3.05) is 24.5 Å². The Labute approximate surface area is 152 Å². The van der Waals surface area contributed by atoms with Gasteiger partial charge in [-0.05, 0) is 40.7 Å². The molecule has 2 aromatic heterocycles. The van der Waals surface area contributed by atoms with Crippen LogP contribution in [-0.4, -0.2) is 62.3 Å². The first-order valence-corrected chi connectivity index (χ1v) is 8.72. The summed E-state index contributed by atoms with van der Waals surface area (Å²) in [5.74, 6) is 1.19. The Hall–Kier alpha value is -2.64. The quantitative estimate of drug-likeness (QED) is 0.836. The van der Waals surface area contributed by atoms with E-state index in [4.69, 9.17) is 4.74 Å². The van der Waals surface area contributed by atoms with E-state index in [0.29, 0.717) is 36.4 Å². The lowest BCUT2D eigenvalue weighted by Crippen LogP contribution is -2.54. The van der Waals surface area contributed by atoms with Crippen LogP contribution in [0.15, 0.2) is 12.3 Å². The van der Waals surface area contributed by atoms with Crippen molar-refractivity contribution >= 4 is 22.8 Å². The third-order valence-corrected chi connectivity index (χ3v) is 4.23. The highest BCUT2D eigenvalue weighted by molar-refractivity contribution is 5.85. The number of carbonyl (C=O) groups excluding carboxylic acids is 1. The van der Waals surface area contributed by atoms with Crippen molar-refractivity contribution in [3.63, 3.8) is 0 Å². The third kappa shape index (κ3) is 3.79. The third-order valence-electron chi connectivity index (χ3n) is 4.23. The molecule has 140 valence electrons. The smallest absolute Gasteiger partial charge is 0.410 e. The average molecular weight is 359 g/mol.